The highest BCUT2D eigenvalue weighted by Gasteiger charge is 2.35. The van der Waals surface area contributed by atoms with E-state index in [0.29, 0.717) is 24.7 Å². The number of amides is 1. The Hall–Kier alpha value is -2.64. The van der Waals surface area contributed by atoms with Crippen LogP contribution in [-0.4, -0.2) is 49.0 Å². The van der Waals surface area contributed by atoms with Gasteiger partial charge in [-0.1, -0.05) is 6.92 Å². The Balaban J connectivity index is 1.51. The van der Waals surface area contributed by atoms with E-state index in [-0.39, 0.29) is 17.6 Å². The van der Waals surface area contributed by atoms with Crippen molar-refractivity contribution in [1.29, 1.82) is 0 Å². The highest BCUT2D eigenvalue weighted by molar-refractivity contribution is 5.92. The SMILES string of the molecule is C[C@@H]1CN(C(=O)c2cn(C)c(=O)n2C)C[C@H]1Nc1ncnc2c1CCC2. The predicted molar refractivity (Wildman–Crippen MR) is 97.2 cm³/mol. The molecule has 2 aliphatic rings. The summed E-state index contributed by atoms with van der Waals surface area (Å²) in [7, 11) is 3.29. The summed E-state index contributed by atoms with van der Waals surface area (Å²) in [5.41, 5.74) is 2.59. The van der Waals surface area contributed by atoms with E-state index in [9.17, 15) is 9.59 Å². The molecule has 2 aromatic rings. The molecule has 0 unspecified atom stereocenters. The van der Waals surface area contributed by atoms with Crippen molar-refractivity contribution in [1.82, 2.24) is 24.0 Å². The molecule has 8 heteroatoms. The second-order valence-electron chi connectivity index (χ2n) is 7.41. The van der Waals surface area contributed by atoms with E-state index in [1.165, 1.54) is 14.7 Å². The van der Waals surface area contributed by atoms with Crippen molar-refractivity contribution in [3.8, 4) is 0 Å². The fourth-order valence-electron chi connectivity index (χ4n) is 4.01. The largest absolute Gasteiger partial charge is 0.365 e. The van der Waals surface area contributed by atoms with Crippen LogP contribution in [0.25, 0.3) is 0 Å². The maximum absolute atomic E-state index is 12.9. The van der Waals surface area contributed by atoms with Gasteiger partial charge in [0.2, 0.25) is 0 Å². The maximum atomic E-state index is 12.9. The number of nitrogens with zero attached hydrogens (tertiary/aromatic N) is 5. The number of anilines is 1. The second kappa shape index (κ2) is 6.26. The van der Waals surface area contributed by atoms with E-state index in [1.54, 1.807) is 26.6 Å². The highest BCUT2D eigenvalue weighted by Crippen LogP contribution is 2.28. The van der Waals surface area contributed by atoms with Gasteiger partial charge >= 0.3 is 5.69 Å². The summed E-state index contributed by atoms with van der Waals surface area (Å²) in [4.78, 5) is 35.4. The molecule has 1 fully saturated rings. The Morgan fingerprint density at radius 3 is 2.77 bits per heavy atom. The Kier molecular flexibility index (Phi) is 4.05. The normalized spacial score (nSPS) is 21.9. The third kappa shape index (κ3) is 2.69. The number of likely N-dealkylation sites (tertiary alicyclic amines) is 1. The van der Waals surface area contributed by atoms with Crippen molar-refractivity contribution in [2.24, 2.45) is 20.0 Å². The summed E-state index contributed by atoms with van der Waals surface area (Å²) in [5, 5.41) is 3.54. The van der Waals surface area contributed by atoms with Gasteiger partial charge in [-0.25, -0.2) is 14.8 Å². The van der Waals surface area contributed by atoms with Crippen LogP contribution in [0.4, 0.5) is 5.82 Å². The molecule has 2 aromatic heterocycles. The van der Waals surface area contributed by atoms with Gasteiger partial charge in [0.05, 0.1) is 0 Å². The zero-order chi connectivity index (χ0) is 18.4. The average molecular weight is 356 g/mol. The van der Waals surface area contributed by atoms with E-state index in [0.717, 1.165) is 30.8 Å². The first-order valence-electron chi connectivity index (χ1n) is 9.06. The van der Waals surface area contributed by atoms with Gasteiger partial charge in [0.1, 0.15) is 17.8 Å². The number of nitrogens with one attached hydrogen (secondary N) is 1. The van der Waals surface area contributed by atoms with Gasteiger partial charge in [-0.05, 0) is 25.2 Å². The van der Waals surface area contributed by atoms with Crippen molar-refractivity contribution in [3.05, 3.63) is 40.0 Å². The molecule has 0 bridgehead atoms. The molecule has 1 aliphatic heterocycles. The van der Waals surface area contributed by atoms with Crippen LogP contribution < -0.4 is 11.0 Å². The monoisotopic (exact) mass is 356 g/mol. The van der Waals surface area contributed by atoms with E-state index in [2.05, 4.69) is 22.2 Å². The molecule has 26 heavy (non-hydrogen) atoms. The van der Waals surface area contributed by atoms with Crippen LogP contribution in [0, 0.1) is 5.92 Å². The summed E-state index contributed by atoms with van der Waals surface area (Å²) >= 11 is 0. The van der Waals surface area contributed by atoms with Crippen LogP contribution in [0.5, 0.6) is 0 Å². The van der Waals surface area contributed by atoms with Gasteiger partial charge in [0.15, 0.2) is 0 Å². The molecule has 1 saturated heterocycles. The molecule has 2 atom stereocenters. The van der Waals surface area contributed by atoms with Gasteiger partial charge in [0, 0.05) is 50.7 Å². The van der Waals surface area contributed by atoms with Crippen molar-refractivity contribution in [2.45, 2.75) is 32.2 Å². The molecule has 4 rings (SSSR count). The fourth-order valence-corrected chi connectivity index (χ4v) is 4.01. The zero-order valence-electron chi connectivity index (χ0n) is 15.4. The summed E-state index contributed by atoms with van der Waals surface area (Å²) in [5.74, 6) is 1.10. The molecular formula is C18H24N6O2. The van der Waals surface area contributed by atoms with Crippen molar-refractivity contribution >= 4 is 11.7 Å². The molecule has 1 aliphatic carbocycles. The molecule has 1 amide bonds. The molecule has 8 nitrogen and oxygen atoms in total. The number of carbonyl (C=O) groups is 1. The molecule has 0 aromatic carbocycles. The van der Waals surface area contributed by atoms with Crippen molar-refractivity contribution in [3.63, 3.8) is 0 Å². The van der Waals surface area contributed by atoms with Crippen molar-refractivity contribution < 1.29 is 4.79 Å². The first kappa shape index (κ1) is 16.8. The molecule has 3 heterocycles. The number of aromatic nitrogens is 4. The lowest BCUT2D eigenvalue weighted by Gasteiger charge is -2.19. The zero-order valence-corrected chi connectivity index (χ0v) is 15.4. The lowest BCUT2D eigenvalue weighted by atomic mass is 10.1. The summed E-state index contributed by atoms with van der Waals surface area (Å²) in [6.45, 7) is 3.39. The lowest BCUT2D eigenvalue weighted by Crippen LogP contribution is -2.34. The Bertz CT molecular complexity index is 915. The minimum absolute atomic E-state index is 0.103. The second-order valence-corrected chi connectivity index (χ2v) is 7.41. The first-order chi connectivity index (χ1) is 12.5. The molecular weight excluding hydrogens is 332 g/mol. The van der Waals surface area contributed by atoms with Crippen LogP contribution in [-0.2, 0) is 26.9 Å². The maximum Gasteiger partial charge on any atom is 0.328 e. The summed E-state index contributed by atoms with van der Waals surface area (Å²) in [6, 6.07) is 0.138. The van der Waals surface area contributed by atoms with E-state index < -0.39 is 0 Å². The number of rotatable bonds is 3. The first-order valence-corrected chi connectivity index (χ1v) is 9.06. The van der Waals surface area contributed by atoms with Crippen LogP contribution in [0.2, 0.25) is 0 Å². The highest BCUT2D eigenvalue weighted by atomic mass is 16.2. The number of fused-ring (bicyclic) bond motifs is 1. The van der Waals surface area contributed by atoms with Gasteiger partial charge in [-0.3, -0.25) is 9.36 Å². The summed E-state index contributed by atoms with van der Waals surface area (Å²) < 4.78 is 2.84. The number of hydrogen-bond acceptors (Lipinski definition) is 5. The predicted octanol–water partition coefficient (Wildman–Crippen LogP) is 0.575. The van der Waals surface area contributed by atoms with Gasteiger partial charge in [-0.15, -0.1) is 0 Å². The van der Waals surface area contributed by atoms with Crippen molar-refractivity contribution in [2.75, 3.05) is 18.4 Å². The fraction of sp³-hybridized carbons (Fsp3) is 0.556. The van der Waals surface area contributed by atoms with Crippen LogP contribution in [0.1, 0.15) is 35.1 Å². The quantitative estimate of drug-likeness (QED) is 0.869. The number of hydrogen-bond donors (Lipinski definition) is 1. The van der Waals surface area contributed by atoms with Gasteiger partial charge in [0.25, 0.3) is 5.91 Å². The molecule has 0 spiro atoms. The Morgan fingerprint density at radius 1 is 1.23 bits per heavy atom. The molecule has 138 valence electrons. The Morgan fingerprint density at radius 2 is 2.04 bits per heavy atom. The van der Waals surface area contributed by atoms with Gasteiger partial charge in [-0.2, -0.15) is 0 Å². The Labute approximate surface area is 151 Å². The molecule has 1 N–H and O–H groups in total. The van der Waals surface area contributed by atoms with E-state index in [4.69, 9.17) is 0 Å². The van der Waals surface area contributed by atoms with E-state index >= 15 is 0 Å². The summed E-state index contributed by atoms with van der Waals surface area (Å²) in [6.07, 6.45) is 6.37. The van der Waals surface area contributed by atoms with Crippen LogP contribution >= 0.6 is 0 Å². The number of carbonyl (C=O) groups excluding carboxylic acids is 1. The van der Waals surface area contributed by atoms with Crippen LogP contribution in [0.15, 0.2) is 17.3 Å². The van der Waals surface area contributed by atoms with E-state index in [1.807, 2.05) is 4.90 Å². The minimum Gasteiger partial charge on any atom is -0.365 e. The third-order valence-electron chi connectivity index (χ3n) is 5.58. The molecule has 0 saturated carbocycles. The average Bonchev–Trinajstić information content (AvgIpc) is 3.30. The van der Waals surface area contributed by atoms with Gasteiger partial charge < -0.3 is 14.8 Å². The number of imidazole rings is 1. The topological polar surface area (TPSA) is 85.0 Å². The third-order valence-corrected chi connectivity index (χ3v) is 5.58. The van der Waals surface area contributed by atoms with Crippen LogP contribution in [0.3, 0.4) is 0 Å². The minimum atomic E-state index is -0.188. The standard InChI is InChI=1S/C18H24N6O2/c1-11-7-24(17(25)15-9-22(2)18(26)23(15)3)8-14(11)21-16-12-5-4-6-13(12)19-10-20-16/h9-11,14H,4-8H2,1-3H3,(H,19,20,21)/t11-,14-/m1/s1. The smallest absolute Gasteiger partial charge is 0.328 e. The molecule has 0 radical (unpaired) electrons. The lowest BCUT2D eigenvalue weighted by molar-refractivity contribution is 0.0777. The number of aryl methyl sites for hydroxylation is 2.